The van der Waals surface area contributed by atoms with Crippen LogP contribution in [0.4, 0.5) is 0 Å². The topological polar surface area (TPSA) is 0 Å². The number of hydrogen-bond acceptors (Lipinski definition) is 0. The summed E-state index contributed by atoms with van der Waals surface area (Å²) in [7, 11) is 0. The van der Waals surface area contributed by atoms with Crippen molar-refractivity contribution in [3.8, 4) is 0 Å². The van der Waals surface area contributed by atoms with Crippen molar-refractivity contribution in [2.45, 2.75) is 52.4 Å². The van der Waals surface area contributed by atoms with Crippen LogP contribution in [0, 0.1) is 23.7 Å². The van der Waals surface area contributed by atoms with Crippen LogP contribution in [-0.2, 0) is 0 Å². The summed E-state index contributed by atoms with van der Waals surface area (Å²) in [5.41, 5.74) is 0. The molecule has 0 bridgehead atoms. The van der Waals surface area contributed by atoms with Gasteiger partial charge in [-0.05, 0) is 36.5 Å². The average Bonchev–Trinajstić information content (AvgIpc) is 2.07. The number of fused-ring (bicyclic) bond motifs is 1. The summed E-state index contributed by atoms with van der Waals surface area (Å²) in [5.74, 6) is 4.27. The first-order valence-electron chi connectivity index (χ1n) is 5.77. The molecule has 0 aliphatic heterocycles. The normalized spacial score (nSPS) is 48.5. The maximum atomic E-state index is 2.48. The summed E-state index contributed by atoms with van der Waals surface area (Å²) in [6.45, 7) is 4.92. The lowest BCUT2D eigenvalue weighted by atomic mass is 9.64. The van der Waals surface area contributed by atoms with Crippen LogP contribution in [-0.4, -0.2) is 0 Å². The van der Waals surface area contributed by atoms with Gasteiger partial charge in [-0.3, -0.25) is 0 Å². The van der Waals surface area contributed by atoms with Crippen LogP contribution in [0.5, 0.6) is 0 Å². The molecule has 0 radical (unpaired) electrons. The summed E-state index contributed by atoms with van der Waals surface area (Å²) in [6.07, 6.45) is 9.14. The minimum atomic E-state index is 1.02. The van der Waals surface area contributed by atoms with Crippen LogP contribution in [0.3, 0.4) is 0 Å². The van der Waals surface area contributed by atoms with Gasteiger partial charge in [-0.1, -0.05) is 39.5 Å². The highest BCUT2D eigenvalue weighted by Gasteiger charge is 2.34. The van der Waals surface area contributed by atoms with Gasteiger partial charge in [0.1, 0.15) is 0 Å². The molecule has 0 unspecified atom stereocenters. The first kappa shape index (κ1) is 8.59. The Balaban J connectivity index is 2.00. The largest absolute Gasteiger partial charge is 0.0625 e. The van der Waals surface area contributed by atoms with Gasteiger partial charge in [0.05, 0.1) is 0 Å². The summed E-state index contributed by atoms with van der Waals surface area (Å²) in [4.78, 5) is 0. The molecule has 0 aromatic carbocycles. The highest BCUT2D eigenvalue weighted by Crippen LogP contribution is 2.45. The van der Waals surface area contributed by atoms with Crippen LogP contribution in [0.15, 0.2) is 0 Å². The minimum absolute atomic E-state index is 1.02. The Labute approximate surface area is 76.7 Å². The zero-order chi connectivity index (χ0) is 8.55. The van der Waals surface area contributed by atoms with Gasteiger partial charge in [0.15, 0.2) is 0 Å². The predicted molar refractivity (Wildman–Crippen MR) is 53.0 cm³/mol. The van der Waals surface area contributed by atoms with Gasteiger partial charge in [-0.2, -0.15) is 0 Å². The molecule has 0 N–H and O–H groups in total. The standard InChI is InChI=1S/C12H22/c1-9-6-7-11-5-3-4-10(2)12(11)8-9/h9-12H,3-8H2,1-2H3/t9-,10+,11-,12+/m1/s1. The predicted octanol–water partition coefficient (Wildman–Crippen LogP) is 3.86. The Morgan fingerprint density at radius 3 is 2.58 bits per heavy atom. The van der Waals surface area contributed by atoms with Crippen LogP contribution in [0.2, 0.25) is 0 Å². The zero-order valence-electron chi connectivity index (χ0n) is 8.55. The first-order valence-corrected chi connectivity index (χ1v) is 5.77. The quantitative estimate of drug-likeness (QED) is 0.512. The molecule has 0 heteroatoms. The van der Waals surface area contributed by atoms with E-state index in [1.807, 2.05) is 0 Å². The second kappa shape index (κ2) is 3.40. The van der Waals surface area contributed by atoms with Crippen molar-refractivity contribution in [3.05, 3.63) is 0 Å². The fourth-order valence-corrected chi connectivity index (χ4v) is 3.46. The molecular formula is C12H22. The molecule has 12 heavy (non-hydrogen) atoms. The molecule has 2 aliphatic carbocycles. The Kier molecular flexibility index (Phi) is 2.43. The van der Waals surface area contributed by atoms with Gasteiger partial charge in [0.2, 0.25) is 0 Å². The smallest absolute Gasteiger partial charge is 0.0358 e. The van der Waals surface area contributed by atoms with Gasteiger partial charge in [0, 0.05) is 0 Å². The maximum absolute atomic E-state index is 2.48. The molecular weight excluding hydrogens is 144 g/mol. The fourth-order valence-electron chi connectivity index (χ4n) is 3.46. The second-order valence-corrected chi connectivity index (χ2v) is 5.25. The van der Waals surface area contributed by atoms with Crippen LogP contribution in [0.1, 0.15) is 52.4 Å². The van der Waals surface area contributed by atoms with Gasteiger partial charge >= 0.3 is 0 Å². The van der Waals surface area contributed by atoms with Crippen molar-refractivity contribution in [3.63, 3.8) is 0 Å². The fraction of sp³-hybridized carbons (Fsp3) is 1.00. The second-order valence-electron chi connectivity index (χ2n) is 5.25. The monoisotopic (exact) mass is 166 g/mol. The highest BCUT2D eigenvalue weighted by molar-refractivity contribution is 4.85. The Bertz CT molecular complexity index is 150. The molecule has 0 spiro atoms. The van der Waals surface area contributed by atoms with Gasteiger partial charge in [-0.25, -0.2) is 0 Å². The third-order valence-corrected chi connectivity index (χ3v) is 4.28. The summed E-state index contributed by atoms with van der Waals surface area (Å²) in [5, 5.41) is 0. The SMILES string of the molecule is C[C@@H]1CC[C@H]2CCC[C@H](C)[C@@H]2C1. The van der Waals surface area contributed by atoms with E-state index in [0.29, 0.717) is 0 Å². The molecule has 0 heterocycles. The van der Waals surface area contributed by atoms with E-state index in [9.17, 15) is 0 Å². The van der Waals surface area contributed by atoms with E-state index < -0.39 is 0 Å². The van der Waals surface area contributed by atoms with E-state index >= 15 is 0 Å². The molecule has 0 amide bonds. The Morgan fingerprint density at radius 2 is 1.75 bits per heavy atom. The molecule has 70 valence electrons. The van der Waals surface area contributed by atoms with Crippen LogP contribution >= 0.6 is 0 Å². The molecule has 2 rings (SSSR count). The van der Waals surface area contributed by atoms with Crippen molar-refractivity contribution in [1.29, 1.82) is 0 Å². The van der Waals surface area contributed by atoms with Gasteiger partial charge in [0.25, 0.3) is 0 Å². The Morgan fingerprint density at radius 1 is 0.917 bits per heavy atom. The van der Waals surface area contributed by atoms with E-state index in [1.165, 1.54) is 32.1 Å². The Hall–Kier alpha value is 0. The summed E-state index contributed by atoms with van der Waals surface area (Å²) in [6, 6.07) is 0. The van der Waals surface area contributed by atoms with Crippen LogP contribution in [0.25, 0.3) is 0 Å². The molecule has 2 fully saturated rings. The highest BCUT2D eigenvalue weighted by atomic mass is 14.4. The summed E-state index contributed by atoms with van der Waals surface area (Å²) < 4.78 is 0. The first-order chi connectivity index (χ1) is 5.77. The molecule has 0 aromatic heterocycles. The maximum Gasteiger partial charge on any atom is -0.0358 e. The van der Waals surface area contributed by atoms with Crippen molar-refractivity contribution >= 4 is 0 Å². The van der Waals surface area contributed by atoms with Crippen molar-refractivity contribution in [2.75, 3.05) is 0 Å². The van der Waals surface area contributed by atoms with E-state index in [-0.39, 0.29) is 0 Å². The van der Waals surface area contributed by atoms with E-state index in [4.69, 9.17) is 0 Å². The lowest BCUT2D eigenvalue weighted by Crippen LogP contribution is -2.32. The molecule has 4 atom stereocenters. The third kappa shape index (κ3) is 1.53. The van der Waals surface area contributed by atoms with Crippen molar-refractivity contribution in [1.82, 2.24) is 0 Å². The van der Waals surface area contributed by atoms with E-state index in [0.717, 1.165) is 23.7 Å². The average molecular weight is 166 g/mol. The molecule has 0 nitrogen and oxygen atoms in total. The lowest BCUT2D eigenvalue weighted by Gasteiger charge is -2.42. The third-order valence-electron chi connectivity index (χ3n) is 4.28. The van der Waals surface area contributed by atoms with E-state index in [1.54, 1.807) is 6.42 Å². The van der Waals surface area contributed by atoms with Gasteiger partial charge < -0.3 is 0 Å². The molecule has 2 saturated carbocycles. The molecule has 0 saturated heterocycles. The number of hydrogen-bond donors (Lipinski definition) is 0. The molecule has 2 aliphatic rings. The van der Waals surface area contributed by atoms with Crippen molar-refractivity contribution in [2.24, 2.45) is 23.7 Å². The van der Waals surface area contributed by atoms with Gasteiger partial charge in [-0.15, -0.1) is 0 Å². The zero-order valence-corrected chi connectivity index (χ0v) is 8.55. The van der Waals surface area contributed by atoms with E-state index in [2.05, 4.69) is 13.8 Å². The molecule has 0 aromatic rings. The van der Waals surface area contributed by atoms with Crippen molar-refractivity contribution < 1.29 is 0 Å². The number of rotatable bonds is 0. The summed E-state index contributed by atoms with van der Waals surface area (Å²) >= 11 is 0. The lowest BCUT2D eigenvalue weighted by molar-refractivity contribution is 0.0880. The van der Waals surface area contributed by atoms with Crippen LogP contribution < -0.4 is 0 Å². The minimum Gasteiger partial charge on any atom is -0.0625 e.